The number of fused-ring (bicyclic) bond motifs is 13. The Morgan fingerprint density at radius 3 is 0.938 bits per heavy atom. The lowest BCUT2D eigenvalue weighted by Gasteiger charge is -2.46. The summed E-state index contributed by atoms with van der Waals surface area (Å²) < 4.78 is 5.21. The molecule has 130 heavy (non-hydrogen) atoms. The molecule has 0 N–H and O–H groups in total. The van der Waals surface area contributed by atoms with Crippen LogP contribution in [0.25, 0.3) is 111 Å². The lowest BCUT2D eigenvalue weighted by atomic mass is 9.33. The second kappa shape index (κ2) is 29.9. The van der Waals surface area contributed by atoms with Gasteiger partial charge < -0.3 is 18.9 Å². The molecular weight excluding hydrogens is 1570 g/mol. The Kier molecular flexibility index (Phi) is 19.3. The SMILES string of the molecule is CC(C)(C)c1ccc(-c2cccc(-c3ccc(C(C)(C)C)cc3)c2N2c3cc(-n4c5ccc(C(C)(C)C)cc5c5cc(C(C)(C)C)ccc54)ccc3B3c4ccc(-n5c6ccccc6c6cc7c(cc65)C(c5ccccc5)(c5ccccc5)c5ccccc5-7)cc4N(c4c(-c5ccc(C(C)(C)C)cc5)cccc4-c4ccc(C(C)(C)C)cc4)c4cc(C(C)(C)C)cc2c43)cc1. The van der Waals surface area contributed by atoms with Crippen LogP contribution in [0.4, 0.5) is 34.1 Å². The van der Waals surface area contributed by atoms with Crippen LogP contribution in [0, 0.1) is 0 Å². The molecule has 0 unspecified atom stereocenters. The predicted octanol–water partition coefficient (Wildman–Crippen LogP) is 32.1. The van der Waals surface area contributed by atoms with Crippen molar-refractivity contribution in [2.24, 2.45) is 0 Å². The molecule has 642 valence electrons. The molecule has 0 bridgehead atoms. The number of aromatic nitrogens is 2. The van der Waals surface area contributed by atoms with Gasteiger partial charge in [0.25, 0.3) is 6.71 Å². The van der Waals surface area contributed by atoms with E-state index in [1.165, 1.54) is 121 Å². The summed E-state index contributed by atoms with van der Waals surface area (Å²) in [5.41, 5.74) is 41.6. The van der Waals surface area contributed by atoms with Gasteiger partial charge in [0.2, 0.25) is 0 Å². The Morgan fingerprint density at radius 2 is 0.546 bits per heavy atom. The molecule has 16 aromatic carbocycles. The molecule has 2 aliphatic heterocycles. The van der Waals surface area contributed by atoms with E-state index < -0.39 is 5.41 Å². The third-order valence-corrected chi connectivity index (χ3v) is 28.9. The number of benzene rings is 16. The van der Waals surface area contributed by atoms with Crippen LogP contribution in [0.3, 0.4) is 0 Å². The standard InChI is InChI=1S/C125H119BN4/c1-118(2,3)82-54-46-78(47-55-82)93-40-32-41-94(79-48-56-83(57-49-79)119(4,5)6)116(93)129-111-74-91(127-108-68-62-88(122(13,14)15)70-100(108)101-71-89(123(16,17)18)63-69-109(101)127)64-66-105(111)126-106-67-65-92(128-107-45-31-29-39-98(107)102-76-99-97-38-28-30-44-103(97)125(104(99)77-110(102)128,86-34-24-22-25-35-86)87-36-26-23-27-37-87)75-112(106)130(114-73-90(124(19,20)21)72-113(129)115(114)126)117-95(80-50-58-84(59-51-80)120(7,8)9)42-33-43-96(117)81-52-60-85(61-53-81)121(10,11)12/h22-77H,1-21H3. The maximum Gasteiger partial charge on any atom is 0.252 e. The van der Waals surface area contributed by atoms with E-state index in [0.717, 1.165) is 101 Å². The van der Waals surface area contributed by atoms with Gasteiger partial charge in [-0.2, -0.15) is 0 Å². The Hall–Kier alpha value is -13.2. The Balaban J connectivity index is 0.922. The zero-order chi connectivity index (χ0) is 90.6. The van der Waals surface area contributed by atoms with Crippen LogP contribution in [0.2, 0.25) is 0 Å². The first kappa shape index (κ1) is 83.7. The second-order valence-electron chi connectivity index (χ2n) is 44.6. The highest BCUT2D eigenvalue weighted by atomic mass is 15.2. The molecule has 0 radical (unpaired) electrons. The maximum atomic E-state index is 2.78. The van der Waals surface area contributed by atoms with Gasteiger partial charge in [0.05, 0.1) is 38.9 Å². The summed E-state index contributed by atoms with van der Waals surface area (Å²) in [6.45, 7) is 49.0. The molecule has 4 heterocycles. The first-order valence-corrected chi connectivity index (χ1v) is 47.1. The fourth-order valence-electron chi connectivity index (χ4n) is 21.7. The number of anilines is 6. The zero-order valence-electron chi connectivity index (χ0n) is 79.7. The lowest BCUT2D eigenvalue weighted by Crippen LogP contribution is -2.61. The molecule has 4 nitrogen and oxygen atoms in total. The van der Waals surface area contributed by atoms with Crippen molar-refractivity contribution in [3.05, 3.63) is 401 Å². The fraction of sp³-hybridized carbons (Fsp3) is 0.232. The van der Waals surface area contributed by atoms with Gasteiger partial charge in [-0.25, -0.2) is 0 Å². The van der Waals surface area contributed by atoms with Crippen molar-refractivity contribution in [3.8, 4) is 67.0 Å². The van der Waals surface area contributed by atoms with Crippen molar-refractivity contribution in [3.63, 3.8) is 0 Å². The summed E-state index contributed by atoms with van der Waals surface area (Å²) in [5.74, 6) is 0. The number of nitrogens with zero attached hydrogens (tertiary/aromatic N) is 4. The van der Waals surface area contributed by atoms with E-state index in [2.05, 4.69) is 504 Å². The van der Waals surface area contributed by atoms with Crippen molar-refractivity contribution >= 4 is 101 Å². The van der Waals surface area contributed by atoms with Crippen molar-refractivity contribution in [1.29, 1.82) is 0 Å². The van der Waals surface area contributed by atoms with Crippen molar-refractivity contribution in [2.75, 3.05) is 9.80 Å². The van der Waals surface area contributed by atoms with Gasteiger partial charge in [-0.15, -0.1) is 0 Å². The molecule has 0 fully saturated rings. The van der Waals surface area contributed by atoms with E-state index in [9.17, 15) is 0 Å². The molecule has 1 aliphatic carbocycles. The average Bonchev–Trinajstić information content (AvgIpc) is 1.000. The molecular formula is C125H119BN4. The van der Waals surface area contributed by atoms with E-state index in [1.807, 2.05) is 0 Å². The van der Waals surface area contributed by atoms with E-state index in [-0.39, 0.29) is 44.6 Å². The topological polar surface area (TPSA) is 16.3 Å². The number of rotatable bonds is 10. The first-order chi connectivity index (χ1) is 61.9. The van der Waals surface area contributed by atoms with Gasteiger partial charge >= 0.3 is 0 Å². The van der Waals surface area contributed by atoms with E-state index in [4.69, 9.17) is 0 Å². The van der Waals surface area contributed by atoms with Crippen molar-refractivity contribution in [1.82, 2.24) is 9.13 Å². The summed E-state index contributed by atoms with van der Waals surface area (Å²) in [4.78, 5) is 5.55. The average molecular weight is 1690 g/mol. The monoisotopic (exact) mass is 1690 g/mol. The van der Waals surface area contributed by atoms with Gasteiger partial charge in [-0.1, -0.05) is 406 Å². The summed E-state index contributed by atoms with van der Waals surface area (Å²) in [6, 6.07) is 134. The number of hydrogen-bond acceptors (Lipinski definition) is 2. The van der Waals surface area contributed by atoms with Gasteiger partial charge in [0.15, 0.2) is 0 Å². The molecule has 0 amide bonds. The Labute approximate surface area is 771 Å². The molecule has 0 spiro atoms. The summed E-state index contributed by atoms with van der Waals surface area (Å²) in [6.07, 6.45) is 0. The molecule has 0 atom stereocenters. The summed E-state index contributed by atoms with van der Waals surface area (Å²) >= 11 is 0. The highest BCUT2D eigenvalue weighted by molar-refractivity contribution is 7.00. The summed E-state index contributed by atoms with van der Waals surface area (Å²) in [5, 5.41) is 4.94. The summed E-state index contributed by atoms with van der Waals surface area (Å²) in [7, 11) is 0. The van der Waals surface area contributed by atoms with Crippen LogP contribution in [-0.4, -0.2) is 15.8 Å². The van der Waals surface area contributed by atoms with E-state index in [0.29, 0.717) is 0 Å². The molecule has 21 rings (SSSR count). The highest BCUT2D eigenvalue weighted by Crippen LogP contribution is 2.60. The maximum absolute atomic E-state index is 2.78. The first-order valence-electron chi connectivity index (χ1n) is 47.1. The van der Waals surface area contributed by atoms with Crippen LogP contribution in [0.5, 0.6) is 0 Å². The largest absolute Gasteiger partial charge is 0.310 e. The van der Waals surface area contributed by atoms with Gasteiger partial charge in [0.1, 0.15) is 0 Å². The van der Waals surface area contributed by atoms with Crippen LogP contribution in [-0.2, 0) is 43.3 Å². The van der Waals surface area contributed by atoms with Gasteiger partial charge in [-0.3, -0.25) is 0 Å². The number of hydrogen-bond donors (Lipinski definition) is 0. The molecule has 18 aromatic rings. The zero-order valence-corrected chi connectivity index (χ0v) is 79.7. The minimum absolute atomic E-state index is 0.0703. The molecule has 0 saturated heterocycles. The second-order valence-corrected chi connectivity index (χ2v) is 44.6. The van der Waals surface area contributed by atoms with Crippen molar-refractivity contribution < 1.29 is 0 Å². The molecule has 0 saturated carbocycles. The third kappa shape index (κ3) is 13.6. The smallest absolute Gasteiger partial charge is 0.252 e. The third-order valence-electron chi connectivity index (χ3n) is 28.9. The lowest BCUT2D eigenvalue weighted by molar-refractivity contribution is 0.590. The van der Waals surface area contributed by atoms with Crippen LogP contribution in [0.15, 0.2) is 340 Å². The normalized spacial score (nSPS) is 13.9. The molecule has 3 aliphatic rings. The van der Waals surface area contributed by atoms with E-state index >= 15 is 0 Å². The van der Waals surface area contributed by atoms with Gasteiger partial charge in [0, 0.05) is 77.9 Å². The van der Waals surface area contributed by atoms with Crippen molar-refractivity contribution in [2.45, 2.75) is 189 Å². The van der Waals surface area contributed by atoms with Crippen LogP contribution < -0.4 is 26.2 Å². The fourth-order valence-corrected chi connectivity index (χ4v) is 21.7. The minimum atomic E-state index is -0.636. The minimum Gasteiger partial charge on any atom is -0.310 e. The van der Waals surface area contributed by atoms with Crippen LogP contribution >= 0.6 is 0 Å². The molecule has 5 heteroatoms. The van der Waals surface area contributed by atoms with Crippen LogP contribution in [0.1, 0.15) is 207 Å². The van der Waals surface area contributed by atoms with E-state index in [1.54, 1.807) is 0 Å². The quantitative estimate of drug-likeness (QED) is 0.127. The number of para-hydroxylation sites is 3. The Morgan fingerprint density at radius 1 is 0.215 bits per heavy atom. The predicted molar refractivity (Wildman–Crippen MR) is 559 cm³/mol. The highest BCUT2D eigenvalue weighted by Gasteiger charge is 2.49. The Bertz CT molecular complexity index is 7310. The molecule has 2 aromatic heterocycles. The van der Waals surface area contributed by atoms with Gasteiger partial charge in [-0.05, 0) is 228 Å².